The Hall–Kier alpha value is -1.10. The van der Waals surface area contributed by atoms with E-state index in [4.69, 9.17) is 5.11 Å². The van der Waals surface area contributed by atoms with Gasteiger partial charge in [-0.25, -0.2) is 0 Å². The number of carbonyl (C=O) groups is 2. The first-order valence-electron chi connectivity index (χ1n) is 4.76. The van der Waals surface area contributed by atoms with Gasteiger partial charge in [-0.3, -0.25) is 9.59 Å². The normalized spacial score (nSPS) is 20.7. The number of aliphatic carboxylic acids is 1. The fourth-order valence-corrected chi connectivity index (χ4v) is 1.29. The summed E-state index contributed by atoms with van der Waals surface area (Å²) in [5, 5.41) is 14.1. The molecule has 3 N–H and O–H groups in total. The maximum absolute atomic E-state index is 11.5. The van der Waals surface area contributed by atoms with Crippen LogP contribution in [0.5, 0.6) is 0 Å². The average molecular weight is 200 g/mol. The van der Waals surface area contributed by atoms with Gasteiger partial charge in [0.1, 0.15) is 6.04 Å². The molecule has 0 aliphatic carbocycles. The van der Waals surface area contributed by atoms with Crippen LogP contribution in [0.2, 0.25) is 0 Å². The molecule has 0 aromatic rings. The van der Waals surface area contributed by atoms with E-state index in [9.17, 15) is 9.59 Å². The van der Waals surface area contributed by atoms with Crippen molar-refractivity contribution < 1.29 is 14.7 Å². The molecule has 1 aliphatic heterocycles. The van der Waals surface area contributed by atoms with E-state index in [1.54, 1.807) is 0 Å². The summed E-state index contributed by atoms with van der Waals surface area (Å²) >= 11 is 0. The smallest absolute Gasteiger partial charge is 0.325 e. The van der Waals surface area contributed by atoms with Crippen molar-refractivity contribution in [2.24, 2.45) is 11.8 Å². The lowest BCUT2D eigenvalue weighted by Crippen LogP contribution is -2.51. The highest BCUT2D eigenvalue weighted by Crippen LogP contribution is 2.15. The summed E-state index contributed by atoms with van der Waals surface area (Å²) < 4.78 is 0. The maximum atomic E-state index is 11.5. The first kappa shape index (κ1) is 11.0. The van der Waals surface area contributed by atoms with Crippen molar-refractivity contribution in [1.82, 2.24) is 10.6 Å². The van der Waals surface area contributed by atoms with Gasteiger partial charge in [0.25, 0.3) is 0 Å². The summed E-state index contributed by atoms with van der Waals surface area (Å²) in [5.74, 6) is -0.947. The standard InChI is InChI=1S/C9H16N2O3/c1-5(7-3-10-4-7)8(12)11-6(2)9(13)14/h5-7,10H,3-4H2,1-2H3,(H,11,12)(H,13,14)/t5?,6-/m1/s1. The number of carbonyl (C=O) groups excluding carboxylic acids is 1. The van der Waals surface area contributed by atoms with Gasteiger partial charge in [-0.15, -0.1) is 0 Å². The quantitative estimate of drug-likeness (QED) is 0.568. The fraction of sp³-hybridized carbons (Fsp3) is 0.778. The number of rotatable bonds is 4. The van der Waals surface area contributed by atoms with Crippen LogP contribution in [0.15, 0.2) is 0 Å². The van der Waals surface area contributed by atoms with Crippen LogP contribution in [0.1, 0.15) is 13.8 Å². The van der Waals surface area contributed by atoms with Gasteiger partial charge < -0.3 is 15.7 Å². The second-order valence-corrected chi connectivity index (χ2v) is 3.78. The fourth-order valence-electron chi connectivity index (χ4n) is 1.29. The molecular weight excluding hydrogens is 184 g/mol. The minimum Gasteiger partial charge on any atom is -0.480 e. The highest BCUT2D eigenvalue weighted by molar-refractivity contribution is 5.84. The molecule has 1 amide bonds. The molecule has 1 fully saturated rings. The molecule has 5 heteroatoms. The van der Waals surface area contributed by atoms with Crippen LogP contribution in [-0.2, 0) is 9.59 Å². The first-order valence-corrected chi connectivity index (χ1v) is 4.76. The summed E-state index contributed by atoms with van der Waals surface area (Å²) in [6, 6.07) is -0.807. The second kappa shape index (κ2) is 4.41. The van der Waals surface area contributed by atoms with Crippen molar-refractivity contribution in [1.29, 1.82) is 0 Å². The molecule has 14 heavy (non-hydrogen) atoms. The molecule has 2 atom stereocenters. The summed E-state index contributed by atoms with van der Waals surface area (Å²) in [6.45, 7) is 4.98. The van der Waals surface area contributed by atoms with Crippen molar-refractivity contribution in [2.45, 2.75) is 19.9 Å². The van der Waals surface area contributed by atoms with E-state index in [0.717, 1.165) is 13.1 Å². The third-order valence-electron chi connectivity index (χ3n) is 2.66. The van der Waals surface area contributed by atoms with E-state index < -0.39 is 12.0 Å². The Balaban J connectivity index is 2.36. The SMILES string of the molecule is CC(C(=O)N[C@H](C)C(=O)O)C1CNC1. The summed E-state index contributed by atoms with van der Waals surface area (Å²) in [7, 11) is 0. The Labute approximate surface area is 82.9 Å². The number of hydrogen-bond donors (Lipinski definition) is 3. The topological polar surface area (TPSA) is 78.4 Å². The Morgan fingerprint density at radius 1 is 1.43 bits per heavy atom. The molecule has 0 aromatic carbocycles. The monoisotopic (exact) mass is 200 g/mol. The number of hydrogen-bond acceptors (Lipinski definition) is 3. The number of carboxylic acids is 1. The minimum atomic E-state index is -1.00. The predicted octanol–water partition coefficient (Wildman–Crippen LogP) is -0.569. The van der Waals surface area contributed by atoms with Crippen molar-refractivity contribution in [2.75, 3.05) is 13.1 Å². The van der Waals surface area contributed by atoms with Crippen molar-refractivity contribution >= 4 is 11.9 Å². The zero-order chi connectivity index (χ0) is 10.7. The van der Waals surface area contributed by atoms with Crippen molar-refractivity contribution in [3.8, 4) is 0 Å². The van der Waals surface area contributed by atoms with Crippen molar-refractivity contribution in [3.05, 3.63) is 0 Å². The van der Waals surface area contributed by atoms with Crippen LogP contribution in [0.25, 0.3) is 0 Å². The van der Waals surface area contributed by atoms with Crippen molar-refractivity contribution in [3.63, 3.8) is 0 Å². The summed E-state index contributed by atoms with van der Waals surface area (Å²) in [4.78, 5) is 22.0. The molecule has 0 saturated carbocycles. The molecule has 0 radical (unpaired) electrons. The molecule has 1 unspecified atom stereocenters. The third-order valence-corrected chi connectivity index (χ3v) is 2.66. The van der Waals surface area contributed by atoms with Crippen LogP contribution in [0.3, 0.4) is 0 Å². The van der Waals surface area contributed by atoms with Crippen LogP contribution in [0.4, 0.5) is 0 Å². The maximum Gasteiger partial charge on any atom is 0.325 e. The second-order valence-electron chi connectivity index (χ2n) is 3.78. The molecule has 5 nitrogen and oxygen atoms in total. The van der Waals surface area contributed by atoms with Gasteiger partial charge in [0.05, 0.1) is 0 Å². The highest BCUT2D eigenvalue weighted by Gasteiger charge is 2.29. The predicted molar refractivity (Wildman–Crippen MR) is 50.8 cm³/mol. The minimum absolute atomic E-state index is 0.113. The summed E-state index contributed by atoms with van der Waals surface area (Å²) in [5.41, 5.74) is 0. The Morgan fingerprint density at radius 2 is 2.00 bits per heavy atom. The molecule has 0 spiro atoms. The molecule has 1 rings (SSSR count). The number of nitrogens with one attached hydrogen (secondary N) is 2. The lowest BCUT2D eigenvalue weighted by Gasteiger charge is -2.32. The van der Waals surface area contributed by atoms with Crippen LogP contribution in [-0.4, -0.2) is 36.1 Å². The Kier molecular flexibility index (Phi) is 3.46. The largest absolute Gasteiger partial charge is 0.480 e. The molecule has 80 valence electrons. The molecule has 0 aromatic heterocycles. The number of amides is 1. The van der Waals surface area contributed by atoms with Gasteiger partial charge >= 0.3 is 5.97 Å². The Bertz CT molecular complexity index is 238. The van der Waals surface area contributed by atoms with E-state index in [1.807, 2.05) is 6.92 Å². The third kappa shape index (κ3) is 2.45. The molecule has 1 heterocycles. The van der Waals surface area contributed by atoms with Crippen LogP contribution < -0.4 is 10.6 Å². The van der Waals surface area contributed by atoms with E-state index in [-0.39, 0.29) is 11.8 Å². The van der Waals surface area contributed by atoms with E-state index in [0.29, 0.717) is 5.92 Å². The molecule has 1 aliphatic rings. The Morgan fingerprint density at radius 3 is 2.36 bits per heavy atom. The zero-order valence-electron chi connectivity index (χ0n) is 8.41. The van der Waals surface area contributed by atoms with Crippen LogP contribution in [0, 0.1) is 11.8 Å². The van der Waals surface area contributed by atoms with Crippen LogP contribution >= 0.6 is 0 Å². The summed E-state index contributed by atoms with van der Waals surface area (Å²) in [6.07, 6.45) is 0. The average Bonchev–Trinajstić information content (AvgIpc) is 2.00. The van der Waals surface area contributed by atoms with Gasteiger partial charge in [-0.05, 0) is 25.9 Å². The van der Waals surface area contributed by atoms with E-state index in [2.05, 4.69) is 10.6 Å². The first-order chi connectivity index (χ1) is 6.52. The molecule has 0 bridgehead atoms. The van der Waals surface area contributed by atoms with Gasteiger partial charge in [0.2, 0.25) is 5.91 Å². The van der Waals surface area contributed by atoms with E-state index in [1.165, 1.54) is 6.92 Å². The lowest BCUT2D eigenvalue weighted by molar-refractivity contribution is -0.142. The van der Waals surface area contributed by atoms with Gasteiger partial charge in [0.15, 0.2) is 0 Å². The highest BCUT2D eigenvalue weighted by atomic mass is 16.4. The number of carboxylic acid groups (broad SMARTS) is 1. The molecular formula is C9H16N2O3. The lowest BCUT2D eigenvalue weighted by atomic mass is 9.88. The van der Waals surface area contributed by atoms with E-state index >= 15 is 0 Å². The molecule has 1 saturated heterocycles. The zero-order valence-corrected chi connectivity index (χ0v) is 8.41. The van der Waals surface area contributed by atoms with Gasteiger partial charge in [0, 0.05) is 5.92 Å². The van der Waals surface area contributed by atoms with Gasteiger partial charge in [-0.1, -0.05) is 6.92 Å². The van der Waals surface area contributed by atoms with Gasteiger partial charge in [-0.2, -0.15) is 0 Å².